The van der Waals surface area contributed by atoms with Crippen molar-refractivity contribution in [2.45, 2.75) is 25.3 Å². The van der Waals surface area contributed by atoms with Crippen LogP contribution in [0.3, 0.4) is 0 Å². The third-order valence-electron chi connectivity index (χ3n) is 4.72. The summed E-state index contributed by atoms with van der Waals surface area (Å²) >= 11 is 0. The van der Waals surface area contributed by atoms with Crippen molar-refractivity contribution >= 4 is 15.7 Å². The summed E-state index contributed by atoms with van der Waals surface area (Å²) in [7, 11) is -2.78. The van der Waals surface area contributed by atoms with Gasteiger partial charge in [-0.05, 0) is 43.9 Å². The van der Waals surface area contributed by atoms with Gasteiger partial charge in [-0.1, -0.05) is 0 Å². The maximum Gasteiger partial charge on any atom is 0.150 e. The molecule has 1 N–H and O–H groups in total. The van der Waals surface area contributed by atoms with E-state index in [1.54, 1.807) is 12.3 Å². The quantitative estimate of drug-likeness (QED) is 0.882. The van der Waals surface area contributed by atoms with Gasteiger partial charge in [0.25, 0.3) is 0 Å². The lowest BCUT2D eigenvalue weighted by Crippen LogP contribution is -2.44. The Kier molecular flexibility index (Phi) is 4.83. The molecule has 23 heavy (non-hydrogen) atoms. The fourth-order valence-corrected chi connectivity index (χ4v) is 5.20. The molecule has 3 heterocycles. The highest BCUT2D eigenvalue weighted by Gasteiger charge is 2.28. The van der Waals surface area contributed by atoms with Crippen molar-refractivity contribution in [1.82, 2.24) is 10.3 Å². The minimum Gasteiger partial charge on any atom is -0.356 e. The molecule has 1 aromatic heterocycles. The van der Waals surface area contributed by atoms with Crippen molar-refractivity contribution in [3.8, 4) is 6.07 Å². The molecule has 2 fully saturated rings. The van der Waals surface area contributed by atoms with Crippen molar-refractivity contribution in [3.05, 3.63) is 23.9 Å². The summed E-state index contributed by atoms with van der Waals surface area (Å²) in [6, 6.07) is 6.13. The van der Waals surface area contributed by atoms with Gasteiger partial charge in [0.05, 0.1) is 23.1 Å². The number of hydrogen-bond donors (Lipinski definition) is 1. The Hall–Kier alpha value is -1.65. The summed E-state index contributed by atoms with van der Waals surface area (Å²) in [5, 5.41) is 12.5. The molecule has 0 amide bonds. The molecule has 124 valence electrons. The van der Waals surface area contributed by atoms with Crippen LogP contribution in [0.15, 0.2) is 18.3 Å². The van der Waals surface area contributed by atoms with Crippen LogP contribution in [0.25, 0.3) is 0 Å². The Balaban J connectivity index is 1.46. The first-order valence-corrected chi connectivity index (χ1v) is 9.93. The normalized spacial score (nSPS) is 24.5. The number of nitriles is 1. The van der Waals surface area contributed by atoms with Gasteiger partial charge in [0.2, 0.25) is 0 Å². The van der Waals surface area contributed by atoms with Gasteiger partial charge in [0.1, 0.15) is 5.82 Å². The fourth-order valence-electron chi connectivity index (χ4n) is 3.34. The molecule has 0 spiro atoms. The first kappa shape index (κ1) is 16.2. The average Bonchev–Trinajstić information content (AvgIpc) is 2.92. The van der Waals surface area contributed by atoms with E-state index in [2.05, 4.69) is 21.3 Å². The van der Waals surface area contributed by atoms with Gasteiger partial charge in [0, 0.05) is 25.3 Å². The molecule has 0 aliphatic carbocycles. The number of nitrogens with one attached hydrogen (secondary N) is 1. The number of pyridine rings is 1. The summed E-state index contributed by atoms with van der Waals surface area (Å²) in [4.78, 5) is 6.56. The van der Waals surface area contributed by atoms with Crippen LogP contribution in [-0.2, 0) is 9.84 Å². The molecule has 1 aromatic rings. The van der Waals surface area contributed by atoms with Crippen molar-refractivity contribution < 1.29 is 8.42 Å². The minimum atomic E-state index is -2.78. The highest BCUT2D eigenvalue weighted by Crippen LogP contribution is 2.21. The van der Waals surface area contributed by atoms with Gasteiger partial charge in [-0.15, -0.1) is 0 Å². The largest absolute Gasteiger partial charge is 0.356 e. The Morgan fingerprint density at radius 2 is 2.13 bits per heavy atom. The van der Waals surface area contributed by atoms with Crippen molar-refractivity contribution in [1.29, 1.82) is 5.26 Å². The molecule has 1 unspecified atom stereocenters. The van der Waals surface area contributed by atoms with Crippen LogP contribution < -0.4 is 10.2 Å². The number of sulfone groups is 1. The molecule has 7 heteroatoms. The Morgan fingerprint density at radius 3 is 2.78 bits per heavy atom. The first-order valence-electron chi connectivity index (χ1n) is 8.10. The number of anilines is 1. The number of piperidine rings is 1. The van der Waals surface area contributed by atoms with Gasteiger partial charge in [-0.3, -0.25) is 0 Å². The van der Waals surface area contributed by atoms with Crippen molar-refractivity contribution in [2.75, 3.05) is 36.0 Å². The molecule has 3 rings (SSSR count). The Labute approximate surface area is 137 Å². The summed E-state index contributed by atoms with van der Waals surface area (Å²) < 4.78 is 23.0. The fraction of sp³-hybridized carbons (Fsp3) is 0.625. The standard InChI is InChI=1S/C16H22N4O2S/c17-10-13-1-5-18-16(9-13)20-6-2-15(3-7-20)19-11-14-4-8-23(21,22)12-14/h1,5,9,14-15,19H,2-4,6-8,11-12H2. The van der Waals surface area contributed by atoms with Gasteiger partial charge in [-0.25, -0.2) is 13.4 Å². The second-order valence-electron chi connectivity index (χ2n) is 6.45. The molecular formula is C16H22N4O2S. The summed E-state index contributed by atoms with van der Waals surface area (Å²) in [6.45, 7) is 2.61. The average molecular weight is 334 g/mol. The van der Waals surface area contributed by atoms with E-state index in [1.165, 1.54) is 0 Å². The van der Waals surface area contributed by atoms with Crippen LogP contribution in [0, 0.1) is 17.2 Å². The van der Waals surface area contributed by atoms with E-state index in [0.717, 1.165) is 44.7 Å². The monoisotopic (exact) mass is 334 g/mol. The van der Waals surface area contributed by atoms with Gasteiger partial charge >= 0.3 is 0 Å². The minimum absolute atomic E-state index is 0.270. The maximum absolute atomic E-state index is 11.5. The molecule has 1 atom stereocenters. The molecule has 0 bridgehead atoms. The molecule has 0 aromatic carbocycles. The third kappa shape index (κ3) is 4.21. The Morgan fingerprint density at radius 1 is 1.35 bits per heavy atom. The Bertz CT molecular complexity index is 690. The summed E-state index contributed by atoms with van der Waals surface area (Å²) in [6.07, 6.45) is 4.49. The van der Waals surface area contributed by atoms with E-state index in [9.17, 15) is 8.42 Å². The lowest BCUT2D eigenvalue weighted by molar-refractivity contribution is 0.385. The number of hydrogen-bond acceptors (Lipinski definition) is 6. The first-order chi connectivity index (χ1) is 11.1. The molecule has 6 nitrogen and oxygen atoms in total. The predicted molar refractivity (Wildman–Crippen MR) is 89.0 cm³/mol. The topological polar surface area (TPSA) is 86.1 Å². The summed E-state index contributed by atoms with van der Waals surface area (Å²) in [5.41, 5.74) is 0.637. The second kappa shape index (κ2) is 6.85. The molecular weight excluding hydrogens is 312 g/mol. The van der Waals surface area contributed by atoms with E-state index in [-0.39, 0.29) is 5.92 Å². The van der Waals surface area contributed by atoms with Crippen LogP contribution in [-0.4, -0.2) is 50.6 Å². The third-order valence-corrected chi connectivity index (χ3v) is 6.55. The lowest BCUT2D eigenvalue weighted by atomic mass is 10.0. The number of nitrogens with zero attached hydrogens (tertiary/aromatic N) is 3. The molecule has 0 radical (unpaired) electrons. The molecule has 2 aliphatic rings. The zero-order valence-corrected chi connectivity index (χ0v) is 13.9. The SMILES string of the molecule is N#Cc1ccnc(N2CCC(NCC3CCS(=O)(=O)C3)CC2)c1. The van der Waals surface area contributed by atoms with E-state index < -0.39 is 9.84 Å². The highest BCUT2D eigenvalue weighted by molar-refractivity contribution is 7.91. The van der Waals surface area contributed by atoms with Gasteiger partial charge < -0.3 is 10.2 Å². The van der Waals surface area contributed by atoms with Crippen molar-refractivity contribution in [3.63, 3.8) is 0 Å². The van der Waals surface area contributed by atoms with E-state index in [1.807, 2.05) is 6.07 Å². The van der Waals surface area contributed by atoms with Crippen LogP contribution in [0.2, 0.25) is 0 Å². The van der Waals surface area contributed by atoms with E-state index in [0.29, 0.717) is 23.1 Å². The zero-order chi connectivity index (χ0) is 16.3. The van der Waals surface area contributed by atoms with Crippen LogP contribution in [0.4, 0.5) is 5.82 Å². The maximum atomic E-state index is 11.5. The molecule has 2 aliphatic heterocycles. The smallest absolute Gasteiger partial charge is 0.150 e. The van der Waals surface area contributed by atoms with Gasteiger partial charge in [0.15, 0.2) is 9.84 Å². The second-order valence-corrected chi connectivity index (χ2v) is 8.68. The van der Waals surface area contributed by atoms with Crippen molar-refractivity contribution in [2.24, 2.45) is 5.92 Å². The molecule has 2 saturated heterocycles. The predicted octanol–water partition coefficient (Wildman–Crippen LogP) is 0.946. The van der Waals surface area contributed by atoms with Gasteiger partial charge in [-0.2, -0.15) is 5.26 Å². The van der Waals surface area contributed by atoms with Crippen LogP contribution in [0.5, 0.6) is 0 Å². The van der Waals surface area contributed by atoms with Crippen LogP contribution in [0.1, 0.15) is 24.8 Å². The number of rotatable bonds is 4. The van der Waals surface area contributed by atoms with E-state index >= 15 is 0 Å². The highest BCUT2D eigenvalue weighted by atomic mass is 32.2. The zero-order valence-electron chi connectivity index (χ0n) is 13.1. The van der Waals surface area contributed by atoms with E-state index in [4.69, 9.17) is 5.26 Å². The molecule has 0 saturated carbocycles. The number of aromatic nitrogens is 1. The van der Waals surface area contributed by atoms with Crippen LogP contribution >= 0.6 is 0 Å². The lowest BCUT2D eigenvalue weighted by Gasteiger charge is -2.33. The summed E-state index contributed by atoms with van der Waals surface area (Å²) in [5.74, 6) is 1.82.